The largest absolute Gasteiger partial charge is 0.508 e. The van der Waals surface area contributed by atoms with Crippen LogP contribution >= 0.6 is 0 Å². The van der Waals surface area contributed by atoms with E-state index in [0.717, 1.165) is 35.1 Å². The van der Waals surface area contributed by atoms with E-state index < -0.39 is 0 Å². The number of nitrogens with zero attached hydrogens (tertiary/aromatic N) is 1. The first-order valence-corrected chi connectivity index (χ1v) is 6.61. The lowest BCUT2D eigenvalue weighted by atomic mass is 10.1. The molecule has 1 N–H and O–H groups in total. The molecule has 1 aromatic carbocycles. The highest BCUT2D eigenvalue weighted by Crippen LogP contribution is 2.30. The first-order chi connectivity index (χ1) is 9.22. The molecule has 0 unspecified atom stereocenters. The van der Waals surface area contributed by atoms with Gasteiger partial charge in [0.2, 0.25) is 0 Å². The molecule has 98 valence electrons. The Kier molecular flexibility index (Phi) is 3.11. The zero-order valence-electron chi connectivity index (χ0n) is 11.0. The monoisotopic (exact) mass is 255 g/mol. The van der Waals surface area contributed by atoms with Gasteiger partial charge in [-0.1, -0.05) is 12.1 Å². The maximum Gasteiger partial charge on any atom is 0.137 e. The molecule has 3 rings (SSSR count). The highest BCUT2D eigenvalue weighted by atomic mass is 16.5. The predicted octanol–water partition coefficient (Wildman–Crippen LogP) is 3.55. The highest BCUT2D eigenvalue weighted by molar-refractivity contribution is 5.64. The summed E-state index contributed by atoms with van der Waals surface area (Å²) in [6.07, 6.45) is 4.33. The summed E-state index contributed by atoms with van der Waals surface area (Å²) in [7, 11) is 0. The van der Waals surface area contributed by atoms with Gasteiger partial charge in [0.05, 0.1) is 18.5 Å². The van der Waals surface area contributed by atoms with Crippen molar-refractivity contribution in [2.45, 2.75) is 19.8 Å². The van der Waals surface area contributed by atoms with Crippen LogP contribution in [0.5, 0.6) is 11.5 Å². The molecule has 0 saturated heterocycles. The Morgan fingerprint density at radius 3 is 2.84 bits per heavy atom. The van der Waals surface area contributed by atoms with Crippen molar-refractivity contribution in [3.05, 3.63) is 42.1 Å². The molecule has 0 amide bonds. The number of hydrogen-bond acceptors (Lipinski definition) is 3. The molecule has 0 bridgehead atoms. The van der Waals surface area contributed by atoms with Gasteiger partial charge in [0.1, 0.15) is 11.5 Å². The van der Waals surface area contributed by atoms with E-state index in [9.17, 15) is 5.11 Å². The summed E-state index contributed by atoms with van der Waals surface area (Å²) in [5.41, 5.74) is 2.86. The Morgan fingerprint density at radius 2 is 2.16 bits per heavy atom. The molecule has 0 radical (unpaired) electrons. The highest BCUT2D eigenvalue weighted by Gasteiger charge is 2.22. The number of phenols is 1. The van der Waals surface area contributed by atoms with Gasteiger partial charge in [0, 0.05) is 5.56 Å². The maximum absolute atomic E-state index is 9.52. The maximum atomic E-state index is 9.52. The predicted molar refractivity (Wildman–Crippen MR) is 74.3 cm³/mol. The van der Waals surface area contributed by atoms with Crippen molar-refractivity contribution >= 4 is 0 Å². The Morgan fingerprint density at radius 1 is 1.32 bits per heavy atom. The van der Waals surface area contributed by atoms with Crippen LogP contribution in [0, 0.1) is 12.8 Å². The molecule has 3 nitrogen and oxygen atoms in total. The Hall–Kier alpha value is -2.03. The number of aromatic nitrogens is 1. The number of aryl methyl sites for hydroxylation is 1. The standard InChI is InChI=1S/C16H17NO2/c1-11-7-15(19-10-12-5-6-12)9-17-16(11)13-3-2-4-14(18)8-13/h2-4,7-9,12,18H,5-6,10H2,1H3. The lowest BCUT2D eigenvalue weighted by molar-refractivity contribution is 0.298. The van der Waals surface area contributed by atoms with Gasteiger partial charge in [-0.25, -0.2) is 0 Å². The first-order valence-electron chi connectivity index (χ1n) is 6.61. The number of aromatic hydroxyl groups is 1. The van der Waals surface area contributed by atoms with Gasteiger partial charge < -0.3 is 9.84 Å². The SMILES string of the molecule is Cc1cc(OCC2CC2)cnc1-c1cccc(O)c1. The molecule has 3 heteroatoms. The third kappa shape index (κ3) is 2.87. The second-order valence-electron chi connectivity index (χ2n) is 5.14. The molecule has 0 aliphatic heterocycles. The van der Waals surface area contributed by atoms with Gasteiger partial charge in [-0.05, 0) is 49.4 Å². The quantitative estimate of drug-likeness (QED) is 0.908. The van der Waals surface area contributed by atoms with Crippen molar-refractivity contribution in [2.75, 3.05) is 6.61 Å². The van der Waals surface area contributed by atoms with Gasteiger partial charge in [0.15, 0.2) is 0 Å². The fourth-order valence-corrected chi connectivity index (χ4v) is 2.08. The molecular formula is C16H17NO2. The van der Waals surface area contributed by atoms with Crippen LogP contribution in [0.3, 0.4) is 0 Å². The van der Waals surface area contributed by atoms with Gasteiger partial charge in [-0.3, -0.25) is 4.98 Å². The molecule has 0 spiro atoms. The Labute approximate surface area is 112 Å². The smallest absolute Gasteiger partial charge is 0.137 e. The zero-order chi connectivity index (χ0) is 13.2. The molecule has 1 aliphatic carbocycles. The molecular weight excluding hydrogens is 238 g/mol. The van der Waals surface area contributed by atoms with Crippen LogP contribution in [0.25, 0.3) is 11.3 Å². The van der Waals surface area contributed by atoms with Crippen molar-refractivity contribution in [3.63, 3.8) is 0 Å². The fourth-order valence-electron chi connectivity index (χ4n) is 2.08. The number of ether oxygens (including phenoxy) is 1. The van der Waals surface area contributed by atoms with E-state index in [4.69, 9.17) is 4.74 Å². The molecule has 1 fully saturated rings. The molecule has 1 saturated carbocycles. The second-order valence-corrected chi connectivity index (χ2v) is 5.14. The average molecular weight is 255 g/mol. The van der Waals surface area contributed by atoms with Crippen molar-refractivity contribution < 1.29 is 9.84 Å². The zero-order valence-corrected chi connectivity index (χ0v) is 11.0. The number of phenolic OH excluding ortho intramolecular Hbond substituents is 1. The minimum Gasteiger partial charge on any atom is -0.508 e. The summed E-state index contributed by atoms with van der Waals surface area (Å²) in [5.74, 6) is 1.83. The van der Waals surface area contributed by atoms with E-state index in [0.29, 0.717) is 0 Å². The van der Waals surface area contributed by atoms with Crippen molar-refractivity contribution in [1.29, 1.82) is 0 Å². The third-order valence-corrected chi connectivity index (χ3v) is 3.36. The van der Waals surface area contributed by atoms with Gasteiger partial charge in [-0.15, -0.1) is 0 Å². The molecule has 1 aliphatic rings. The molecule has 0 atom stereocenters. The number of benzene rings is 1. The van der Waals surface area contributed by atoms with Crippen molar-refractivity contribution in [3.8, 4) is 22.8 Å². The summed E-state index contributed by atoms with van der Waals surface area (Å²) in [4.78, 5) is 4.45. The topological polar surface area (TPSA) is 42.4 Å². The fraction of sp³-hybridized carbons (Fsp3) is 0.312. The van der Waals surface area contributed by atoms with Crippen LogP contribution in [-0.2, 0) is 0 Å². The summed E-state index contributed by atoms with van der Waals surface area (Å²) in [6, 6.07) is 9.16. The molecule has 1 aromatic heterocycles. The van der Waals surface area contributed by atoms with Gasteiger partial charge >= 0.3 is 0 Å². The number of hydrogen-bond donors (Lipinski definition) is 1. The lowest BCUT2D eigenvalue weighted by Crippen LogP contribution is -2.00. The summed E-state index contributed by atoms with van der Waals surface area (Å²) in [5, 5.41) is 9.52. The normalized spacial score (nSPS) is 14.4. The van der Waals surface area contributed by atoms with Crippen LogP contribution in [0.15, 0.2) is 36.5 Å². The van der Waals surface area contributed by atoms with Crippen molar-refractivity contribution in [2.24, 2.45) is 5.92 Å². The summed E-state index contributed by atoms with van der Waals surface area (Å²) >= 11 is 0. The molecule has 2 aromatic rings. The van der Waals surface area contributed by atoms with E-state index in [2.05, 4.69) is 4.98 Å². The van der Waals surface area contributed by atoms with E-state index in [-0.39, 0.29) is 5.75 Å². The minimum absolute atomic E-state index is 0.257. The van der Waals surface area contributed by atoms with E-state index in [1.54, 1.807) is 18.3 Å². The van der Waals surface area contributed by atoms with Crippen LogP contribution in [-0.4, -0.2) is 16.7 Å². The van der Waals surface area contributed by atoms with Gasteiger partial charge in [-0.2, -0.15) is 0 Å². The van der Waals surface area contributed by atoms with Crippen LogP contribution < -0.4 is 4.74 Å². The van der Waals surface area contributed by atoms with Gasteiger partial charge in [0.25, 0.3) is 0 Å². The minimum atomic E-state index is 0.257. The second kappa shape index (κ2) is 4.92. The van der Waals surface area contributed by atoms with E-state index >= 15 is 0 Å². The molecule has 1 heterocycles. The van der Waals surface area contributed by atoms with E-state index in [1.807, 2.05) is 25.1 Å². The third-order valence-electron chi connectivity index (χ3n) is 3.36. The lowest BCUT2D eigenvalue weighted by Gasteiger charge is -2.09. The molecule has 19 heavy (non-hydrogen) atoms. The van der Waals surface area contributed by atoms with Crippen LogP contribution in [0.4, 0.5) is 0 Å². The van der Waals surface area contributed by atoms with Crippen LogP contribution in [0.1, 0.15) is 18.4 Å². The Bertz CT molecular complexity index is 591. The van der Waals surface area contributed by atoms with Crippen molar-refractivity contribution in [1.82, 2.24) is 4.98 Å². The number of pyridine rings is 1. The first kappa shape index (κ1) is 12.0. The Balaban J connectivity index is 1.82. The summed E-state index contributed by atoms with van der Waals surface area (Å²) in [6.45, 7) is 2.81. The van der Waals surface area contributed by atoms with Crippen LogP contribution in [0.2, 0.25) is 0 Å². The average Bonchev–Trinajstić information content (AvgIpc) is 3.20. The van der Waals surface area contributed by atoms with E-state index in [1.165, 1.54) is 12.8 Å². The number of rotatable bonds is 4. The summed E-state index contributed by atoms with van der Waals surface area (Å²) < 4.78 is 5.71.